The molecule has 0 fully saturated rings. The first-order valence-electron chi connectivity index (χ1n) is 2.99. The number of hydrogen-bond donors (Lipinski definition) is 0. The molecule has 0 bridgehead atoms. The summed E-state index contributed by atoms with van der Waals surface area (Å²) in [5.74, 6) is 0.736. The minimum atomic E-state index is 0.0665. The van der Waals surface area contributed by atoms with E-state index in [1.165, 1.54) is 0 Å². The van der Waals surface area contributed by atoms with Crippen molar-refractivity contribution >= 4 is 11.8 Å². The maximum Gasteiger partial charge on any atom is 0.251 e. The molecule has 0 saturated heterocycles. The van der Waals surface area contributed by atoms with Crippen molar-refractivity contribution in [3.05, 3.63) is 34.7 Å². The molecule has 1 heterocycles. The van der Waals surface area contributed by atoms with E-state index in [9.17, 15) is 4.79 Å². The average Bonchev–Trinajstić information content (AvgIpc) is 1.94. The second kappa shape index (κ2) is 3.46. The highest BCUT2D eigenvalue weighted by molar-refractivity contribution is 7.97. The van der Waals surface area contributed by atoms with Crippen molar-refractivity contribution in [1.82, 2.24) is 4.57 Å². The van der Waals surface area contributed by atoms with Gasteiger partial charge in [-0.25, -0.2) is 0 Å². The van der Waals surface area contributed by atoms with Gasteiger partial charge in [0.05, 0.1) is 5.88 Å². The summed E-state index contributed by atoms with van der Waals surface area (Å²) in [5, 5.41) is 0. The SMILES string of the molecule is CSCn1ccccc1=O. The fraction of sp³-hybridized carbons (Fsp3) is 0.286. The van der Waals surface area contributed by atoms with Gasteiger partial charge in [0.1, 0.15) is 0 Å². The van der Waals surface area contributed by atoms with Crippen molar-refractivity contribution < 1.29 is 0 Å². The first-order chi connectivity index (χ1) is 4.84. The van der Waals surface area contributed by atoms with Crippen LogP contribution in [0.25, 0.3) is 0 Å². The van der Waals surface area contributed by atoms with Crippen molar-refractivity contribution in [2.45, 2.75) is 5.88 Å². The van der Waals surface area contributed by atoms with Crippen LogP contribution in [0.15, 0.2) is 29.2 Å². The topological polar surface area (TPSA) is 22.0 Å². The first kappa shape index (κ1) is 7.41. The summed E-state index contributed by atoms with van der Waals surface area (Å²) in [6.07, 6.45) is 3.76. The fourth-order valence-corrected chi connectivity index (χ4v) is 1.20. The van der Waals surface area contributed by atoms with Gasteiger partial charge in [0.15, 0.2) is 0 Å². The first-order valence-corrected chi connectivity index (χ1v) is 4.38. The molecule has 3 heteroatoms. The molecule has 0 aliphatic heterocycles. The molecule has 1 aromatic heterocycles. The summed E-state index contributed by atoms with van der Waals surface area (Å²) in [5.41, 5.74) is 0.0665. The van der Waals surface area contributed by atoms with Crippen LogP contribution in [-0.2, 0) is 5.88 Å². The summed E-state index contributed by atoms with van der Waals surface area (Å²) in [4.78, 5) is 11.0. The Morgan fingerprint density at radius 3 is 3.00 bits per heavy atom. The van der Waals surface area contributed by atoms with Crippen molar-refractivity contribution in [3.63, 3.8) is 0 Å². The zero-order valence-electron chi connectivity index (χ0n) is 5.78. The van der Waals surface area contributed by atoms with Crippen LogP contribution in [-0.4, -0.2) is 10.8 Å². The molecule has 0 aliphatic rings. The van der Waals surface area contributed by atoms with Crippen LogP contribution in [0.2, 0.25) is 0 Å². The van der Waals surface area contributed by atoms with Gasteiger partial charge < -0.3 is 4.57 Å². The third-order valence-electron chi connectivity index (χ3n) is 1.17. The van der Waals surface area contributed by atoms with E-state index in [0.29, 0.717) is 0 Å². The third kappa shape index (κ3) is 1.64. The number of pyridine rings is 1. The van der Waals surface area contributed by atoms with E-state index < -0.39 is 0 Å². The summed E-state index contributed by atoms with van der Waals surface area (Å²) in [6, 6.07) is 5.17. The van der Waals surface area contributed by atoms with Gasteiger partial charge in [-0.1, -0.05) is 6.07 Å². The second-order valence-electron chi connectivity index (χ2n) is 1.93. The summed E-state index contributed by atoms with van der Waals surface area (Å²) < 4.78 is 1.67. The Balaban J connectivity index is 2.92. The van der Waals surface area contributed by atoms with Crippen LogP contribution in [0.1, 0.15) is 0 Å². The van der Waals surface area contributed by atoms with Gasteiger partial charge in [-0.3, -0.25) is 4.79 Å². The van der Waals surface area contributed by atoms with E-state index in [1.54, 1.807) is 34.7 Å². The highest BCUT2D eigenvalue weighted by atomic mass is 32.2. The second-order valence-corrected chi connectivity index (χ2v) is 2.76. The lowest BCUT2D eigenvalue weighted by Crippen LogP contribution is -2.15. The lowest BCUT2D eigenvalue weighted by Gasteiger charge is -1.99. The smallest absolute Gasteiger partial charge is 0.251 e. The molecule has 0 aromatic carbocycles. The predicted octanol–water partition coefficient (Wildman–Crippen LogP) is 1.17. The van der Waals surface area contributed by atoms with Crippen molar-refractivity contribution in [1.29, 1.82) is 0 Å². The highest BCUT2D eigenvalue weighted by Gasteiger charge is 1.88. The maximum absolute atomic E-state index is 11.0. The third-order valence-corrected chi connectivity index (χ3v) is 1.70. The molecular formula is C7H9NOS. The molecule has 0 radical (unpaired) electrons. The molecule has 0 unspecified atom stereocenters. The van der Waals surface area contributed by atoms with Crippen LogP contribution < -0.4 is 5.56 Å². The van der Waals surface area contributed by atoms with E-state index in [-0.39, 0.29) is 5.56 Å². The molecule has 0 N–H and O–H groups in total. The van der Waals surface area contributed by atoms with Gasteiger partial charge in [-0.2, -0.15) is 0 Å². The van der Waals surface area contributed by atoms with Crippen molar-refractivity contribution in [2.24, 2.45) is 0 Å². The molecular weight excluding hydrogens is 146 g/mol. The van der Waals surface area contributed by atoms with Gasteiger partial charge in [0.25, 0.3) is 5.56 Å². The average molecular weight is 155 g/mol. The fourth-order valence-electron chi connectivity index (χ4n) is 0.706. The van der Waals surface area contributed by atoms with Crippen LogP contribution in [0.4, 0.5) is 0 Å². The van der Waals surface area contributed by atoms with Gasteiger partial charge in [-0.15, -0.1) is 11.8 Å². The molecule has 0 saturated carbocycles. The van der Waals surface area contributed by atoms with Crippen LogP contribution >= 0.6 is 11.8 Å². The number of hydrogen-bond acceptors (Lipinski definition) is 2. The monoisotopic (exact) mass is 155 g/mol. The molecule has 0 atom stereocenters. The summed E-state index contributed by atoms with van der Waals surface area (Å²) >= 11 is 1.63. The summed E-state index contributed by atoms with van der Waals surface area (Å²) in [6.45, 7) is 0. The van der Waals surface area contributed by atoms with E-state index in [0.717, 1.165) is 5.88 Å². The molecule has 54 valence electrons. The van der Waals surface area contributed by atoms with E-state index in [4.69, 9.17) is 0 Å². The molecule has 0 aliphatic carbocycles. The Kier molecular flexibility index (Phi) is 2.57. The Morgan fingerprint density at radius 2 is 2.40 bits per heavy atom. The normalized spacial score (nSPS) is 9.70. The molecule has 1 aromatic rings. The lowest BCUT2D eigenvalue weighted by atomic mass is 10.5. The Morgan fingerprint density at radius 1 is 1.60 bits per heavy atom. The standard InChI is InChI=1S/C7H9NOS/c1-10-6-8-5-3-2-4-7(8)9/h2-5H,6H2,1H3. The van der Waals surface area contributed by atoms with E-state index in [2.05, 4.69) is 0 Å². The zero-order valence-corrected chi connectivity index (χ0v) is 6.60. The quantitative estimate of drug-likeness (QED) is 0.639. The van der Waals surface area contributed by atoms with Gasteiger partial charge in [0, 0.05) is 12.3 Å². The number of thioether (sulfide) groups is 1. The molecule has 1 rings (SSSR count). The predicted molar refractivity (Wildman–Crippen MR) is 44.2 cm³/mol. The van der Waals surface area contributed by atoms with Crippen LogP contribution in [0.3, 0.4) is 0 Å². The summed E-state index contributed by atoms with van der Waals surface area (Å²) in [7, 11) is 0. The Labute approximate surface area is 63.9 Å². The maximum atomic E-state index is 11.0. The Hall–Kier alpha value is -0.700. The van der Waals surface area contributed by atoms with Crippen LogP contribution in [0, 0.1) is 0 Å². The molecule has 10 heavy (non-hydrogen) atoms. The molecule has 0 amide bonds. The van der Waals surface area contributed by atoms with E-state index >= 15 is 0 Å². The van der Waals surface area contributed by atoms with Crippen molar-refractivity contribution in [2.75, 3.05) is 6.26 Å². The van der Waals surface area contributed by atoms with Gasteiger partial charge in [0.2, 0.25) is 0 Å². The van der Waals surface area contributed by atoms with Gasteiger partial charge >= 0.3 is 0 Å². The molecule has 2 nitrogen and oxygen atoms in total. The number of rotatable bonds is 2. The van der Waals surface area contributed by atoms with Gasteiger partial charge in [-0.05, 0) is 12.3 Å². The number of nitrogens with zero attached hydrogens (tertiary/aromatic N) is 1. The zero-order chi connectivity index (χ0) is 7.40. The molecule has 0 spiro atoms. The minimum absolute atomic E-state index is 0.0665. The minimum Gasteiger partial charge on any atom is -0.306 e. The largest absolute Gasteiger partial charge is 0.306 e. The van der Waals surface area contributed by atoms with E-state index in [1.807, 2.05) is 12.3 Å². The number of aromatic nitrogens is 1. The Bertz CT molecular complexity index is 256. The van der Waals surface area contributed by atoms with Crippen molar-refractivity contribution in [3.8, 4) is 0 Å². The van der Waals surface area contributed by atoms with Crippen LogP contribution in [0.5, 0.6) is 0 Å². The lowest BCUT2D eigenvalue weighted by molar-refractivity contribution is 0.841. The highest BCUT2D eigenvalue weighted by Crippen LogP contribution is 1.94.